The highest BCUT2D eigenvalue weighted by Crippen LogP contribution is 2.16. The Morgan fingerprint density at radius 3 is 2.75 bits per heavy atom. The third-order valence-electron chi connectivity index (χ3n) is 3.36. The second-order valence-corrected chi connectivity index (χ2v) is 5.10. The first kappa shape index (κ1) is 15.2. The number of halogens is 2. The van der Waals surface area contributed by atoms with Crippen molar-refractivity contribution >= 4 is 11.6 Å². The molecule has 0 amide bonds. The van der Waals surface area contributed by atoms with Crippen LogP contribution in [-0.2, 0) is 0 Å². The maximum absolute atomic E-state index is 13.7. The van der Waals surface area contributed by atoms with Crippen molar-refractivity contribution in [1.82, 2.24) is 4.90 Å². The van der Waals surface area contributed by atoms with Crippen molar-refractivity contribution in [2.24, 2.45) is 0 Å². The summed E-state index contributed by atoms with van der Waals surface area (Å²) in [6, 6.07) is 4.76. The minimum atomic E-state index is -0.363. The zero-order valence-corrected chi connectivity index (χ0v) is 12.3. The largest absolute Gasteiger partial charge is 0.492 e. The van der Waals surface area contributed by atoms with Crippen molar-refractivity contribution in [3.63, 3.8) is 0 Å². The van der Waals surface area contributed by atoms with Gasteiger partial charge in [-0.25, -0.2) is 4.39 Å². The van der Waals surface area contributed by atoms with Crippen LogP contribution in [0.4, 0.5) is 4.39 Å². The van der Waals surface area contributed by atoms with Gasteiger partial charge in [-0.3, -0.25) is 4.90 Å². The lowest BCUT2D eigenvalue weighted by Gasteiger charge is -2.26. The highest BCUT2D eigenvalue weighted by atomic mass is 35.5. The normalized spacial score (nSPS) is 15.5. The zero-order chi connectivity index (χ0) is 14.2. The van der Waals surface area contributed by atoms with Gasteiger partial charge in [-0.1, -0.05) is 18.3 Å². The monoisotopic (exact) mass is 295 g/mol. The van der Waals surface area contributed by atoms with Crippen LogP contribution in [0.2, 0.25) is 0 Å². The Bertz CT molecular complexity index is 489. The Kier molecular flexibility index (Phi) is 6.17. The molecule has 1 aromatic rings. The lowest BCUT2D eigenvalue weighted by atomic mass is 10.1. The highest BCUT2D eigenvalue weighted by molar-refractivity contribution is 6.19. The van der Waals surface area contributed by atoms with Crippen molar-refractivity contribution in [1.29, 1.82) is 0 Å². The maximum atomic E-state index is 13.7. The average molecular weight is 296 g/mol. The number of hydrogen-bond donors (Lipinski definition) is 0. The van der Waals surface area contributed by atoms with Crippen LogP contribution in [0.25, 0.3) is 0 Å². The van der Waals surface area contributed by atoms with Crippen LogP contribution >= 0.6 is 11.6 Å². The van der Waals surface area contributed by atoms with E-state index in [4.69, 9.17) is 16.3 Å². The topological polar surface area (TPSA) is 12.5 Å². The van der Waals surface area contributed by atoms with Gasteiger partial charge in [-0.15, -0.1) is 11.6 Å². The Hall–Kier alpha value is -1.24. The number of piperidine rings is 1. The molecule has 1 aromatic carbocycles. The van der Waals surface area contributed by atoms with Gasteiger partial charge in [0.25, 0.3) is 0 Å². The second-order valence-electron chi connectivity index (χ2n) is 4.83. The number of ether oxygens (including phenoxy) is 1. The predicted molar refractivity (Wildman–Crippen MR) is 79.8 cm³/mol. The van der Waals surface area contributed by atoms with E-state index >= 15 is 0 Å². The van der Waals surface area contributed by atoms with E-state index in [1.807, 2.05) is 0 Å². The summed E-state index contributed by atoms with van der Waals surface area (Å²) in [5.74, 6) is 5.71. The number of rotatable bonds is 4. The molecule has 1 aliphatic rings. The molecule has 0 bridgehead atoms. The maximum Gasteiger partial charge on any atom is 0.142 e. The van der Waals surface area contributed by atoms with Gasteiger partial charge in [0.05, 0.1) is 11.4 Å². The molecule has 20 heavy (non-hydrogen) atoms. The first-order valence-electron chi connectivity index (χ1n) is 6.99. The van der Waals surface area contributed by atoms with Crippen molar-refractivity contribution in [2.75, 3.05) is 32.1 Å². The minimum absolute atomic E-state index is 0.202. The molecule has 2 rings (SSSR count). The SMILES string of the molecule is Fc1cc(OCCN2CCCCC2)ccc1C#CCCl. The minimum Gasteiger partial charge on any atom is -0.492 e. The van der Waals surface area contributed by atoms with E-state index in [0.29, 0.717) is 17.9 Å². The van der Waals surface area contributed by atoms with Crippen LogP contribution < -0.4 is 4.74 Å². The average Bonchev–Trinajstić information content (AvgIpc) is 2.47. The van der Waals surface area contributed by atoms with E-state index in [1.54, 1.807) is 12.1 Å². The zero-order valence-electron chi connectivity index (χ0n) is 11.5. The van der Waals surface area contributed by atoms with E-state index in [9.17, 15) is 4.39 Å². The molecular weight excluding hydrogens is 277 g/mol. The molecule has 0 saturated carbocycles. The Morgan fingerprint density at radius 1 is 1.25 bits per heavy atom. The summed E-state index contributed by atoms with van der Waals surface area (Å²) >= 11 is 5.45. The van der Waals surface area contributed by atoms with Crippen molar-refractivity contribution in [3.05, 3.63) is 29.6 Å². The second kappa shape index (κ2) is 8.14. The first-order chi connectivity index (χ1) is 9.79. The molecule has 1 fully saturated rings. The highest BCUT2D eigenvalue weighted by Gasteiger charge is 2.09. The lowest BCUT2D eigenvalue weighted by Crippen LogP contribution is -2.33. The molecule has 0 aromatic heterocycles. The predicted octanol–water partition coefficient (Wildman–Crippen LogP) is 3.28. The van der Waals surface area contributed by atoms with Gasteiger partial charge in [-0.2, -0.15) is 0 Å². The van der Waals surface area contributed by atoms with Gasteiger partial charge >= 0.3 is 0 Å². The first-order valence-corrected chi connectivity index (χ1v) is 7.52. The van der Waals surface area contributed by atoms with Crippen LogP contribution in [-0.4, -0.2) is 37.0 Å². The third-order valence-corrected chi connectivity index (χ3v) is 3.49. The molecule has 0 unspecified atom stereocenters. The molecule has 0 radical (unpaired) electrons. The quantitative estimate of drug-likeness (QED) is 0.624. The number of nitrogens with zero attached hydrogens (tertiary/aromatic N) is 1. The summed E-state index contributed by atoms with van der Waals surface area (Å²) in [6.07, 6.45) is 3.86. The fourth-order valence-corrected chi connectivity index (χ4v) is 2.36. The summed E-state index contributed by atoms with van der Waals surface area (Å²) in [6.45, 7) is 3.77. The van der Waals surface area contributed by atoms with E-state index in [1.165, 1.54) is 25.3 Å². The van der Waals surface area contributed by atoms with Crippen molar-refractivity contribution in [3.8, 4) is 17.6 Å². The molecule has 1 heterocycles. The van der Waals surface area contributed by atoms with E-state index in [-0.39, 0.29) is 11.7 Å². The fraction of sp³-hybridized carbons (Fsp3) is 0.500. The number of benzene rings is 1. The van der Waals surface area contributed by atoms with Gasteiger partial charge in [0.2, 0.25) is 0 Å². The lowest BCUT2D eigenvalue weighted by molar-refractivity contribution is 0.183. The standard InChI is InChI=1S/C16H19ClFNO/c17-8-4-5-14-6-7-15(13-16(14)18)20-12-11-19-9-2-1-3-10-19/h6-7,13H,1-3,8-12H2. The number of alkyl halides is 1. The van der Waals surface area contributed by atoms with E-state index < -0.39 is 0 Å². The Morgan fingerprint density at radius 2 is 2.05 bits per heavy atom. The molecule has 1 aliphatic heterocycles. The third kappa shape index (κ3) is 4.70. The van der Waals surface area contributed by atoms with Gasteiger partial charge in [0, 0.05) is 12.6 Å². The van der Waals surface area contributed by atoms with E-state index in [0.717, 1.165) is 19.6 Å². The molecule has 1 saturated heterocycles. The van der Waals surface area contributed by atoms with Crippen LogP contribution in [0.1, 0.15) is 24.8 Å². The number of hydrogen-bond acceptors (Lipinski definition) is 2. The molecule has 0 spiro atoms. The molecule has 0 N–H and O–H groups in total. The fourth-order valence-electron chi connectivity index (χ4n) is 2.29. The molecule has 108 valence electrons. The summed E-state index contributed by atoms with van der Waals surface area (Å²) < 4.78 is 19.3. The molecular formula is C16H19ClFNO. The number of likely N-dealkylation sites (tertiary alicyclic amines) is 1. The van der Waals surface area contributed by atoms with Crippen LogP contribution in [0.3, 0.4) is 0 Å². The van der Waals surface area contributed by atoms with Crippen LogP contribution in [0.15, 0.2) is 18.2 Å². The summed E-state index contributed by atoms with van der Waals surface area (Å²) in [7, 11) is 0. The van der Waals surface area contributed by atoms with Crippen molar-refractivity contribution < 1.29 is 9.13 Å². The van der Waals surface area contributed by atoms with E-state index in [2.05, 4.69) is 16.7 Å². The summed E-state index contributed by atoms with van der Waals surface area (Å²) in [5, 5.41) is 0. The van der Waals surface area contributed by atoms with Crippen LogP contribution in [0.5, 0.6) is 5.75 Å². The van der Waals surface area contributed by atoms with Crippen LogP contribution in [0, 0.1) is 17.7 Å². The van der Waals surface area contributed by atoms with Gasteiger partial charge < -0.3 is 4.74 Å². The Labute approximate surface area is 124 Å². The molecule has 0 aliphatic carbocycles. The molecule has 4 heteroatoms. The molecule has 0 atom stereocenters. The smallest absolute Gasteiger partial charge is 0.142 e. The Balaban J connectivity index is 1.82. The van der Waals surface area contributed by atoms with Gasteiger partial charge in [0.1, 0.15) is 18.2 Å². The van der Waals surface area contributed by atoms with Gasteiger partial charge in [-0.05, 0) is 38.1 Å². The molecule has 2 nitrogen and oxygen atoms in total. The van der Waals surface area contributed by atoms with Crippen molar-refractivity contribution in [2.45, 2.75) is 19.3 Å². The van der Waals surface area contributed by atoms with Gasteiger partial charge in [0.15, 0.2) is 0 Å². The summed E-state index contributed by atoms with van der Waals surface area (Å²) in [4.78, 5) is 2.39. The summed E-state index contributed by atoms with van der Waals surface area (Å²) in [5.41, 5.74) is 0.356.